The lowest BCUT2D eigenvalue weighted by Gasteiger charge is -2.11. The van der Waals surface area contributed by atoms with Gasteiger partial charge in [-0.15, -0.1) is 0 Å². The summed E-state index contributed by atoms with van der Waals surface area (Å²) in [5.41, 5.74) is 1.34. The van der Waals surface area contributed by atoms with Gasteiger partial charge in [0.15, 0.2) is 5.75 Å². The number of rotatable bonds is 7. The fraction of sp³-hybridized carbons (Fsp3) is 0.0909. The zero-order valence-corrected chi connectivity index (χ0v) is 18.6. The van der Waals surface area contributed by atoms with Gasteiger partial charge in [0, 0.05) is 5.02 Å². The molecule has 0 aromatic heterocycles. The largest absolute Gasteiger partial charge is 0.416 e. The molecule has 0 heterocycles. The molecule has 12 heteroatoms. The summed E-state index contributed by atoms with van der Waals surface area (Å²) in [4.78, 5) is 11.5. The Bertz CT molecular complexity index is 1330. The van der Waals surface area contributed by atoms with Crippen LogP contribution >= 0.6 is 11.6 Å². The molecular formula is C22H15ClF4N2O4S. The van der Waals surface area contributed by atoms with Crippen LogP contribution in [-0.4, -0.2) is 20.5 Å². The van der Waals surface area contributed by atoms with E-state index in [2.05, 4.69) is 10.5 Å². The van der Waals surface area contributed by atoms with E-state index >= 15 is 0 Å². The highest BCUT2D eigenvalue weighted by Gasteiger charge is 2.31. The van der Waals surface area contributed by atoms with Crippen LogP contribution < -0.4 is 9.61 Å². The summed E-state index contributed by atoms with van der Waals surface area (Å²) in [5, 5.41) is 4.07. The first-order valence-electron chi connectivity index (χ1n) is 9.42. The molecule has 0 spiro atoms. The molecule has 3 aromatic rings. The molecule has 6 nitrogen and oxygen atoms in total. The minimum atomic E-state index is -4.65. The smallest absolute Gasteiger partial charge is 0.378 e. The van der Waals surface area contributed by atoms with E-state index in [0.717, 1.165) is 30.5 Å². The van der Waals surface area contributed by atoms with Crippen LogP contribution in [0.25, 0.3) is 0 Å². The Labute approximate surface area is 196 Å². The zero-order valence-electron chi connectivity index (χ0n) is 17.0. The zero-order chi connectivity index (χ0) is 24.9. The molecule has 0 aliphatic rings. The number of amides is 1. The van der Waals surface area contributed by atoms with Crippen LogP contribution in [0.1, 0.15) is 16.7 Å². The normalized spacial score (nSPS) is 12.0. The van der Waals surface area contributed by atoms with Crippen molar-refractivity contribution in [3.63, 3.8) is 0 Å². The van der Waals surface area contributed by atoms with Gasteiger partial charge in [-0.1, -0.05) is 29.8 Å². The molecule has 34 heavy (non-hydrogen) atoms. The lowest BCUT2D eigenvalue weighted by atomic mass is 10.1. The molecule has 1 N–H and O–H groups in total. The number of alkyl halides is 3. The van der Waals surface area contributed by atoms with Crippen molar-refractivity contribution in [2.24, 2.45) is 5.10 Å². The quantitative estimate of drug-likeness (QED) is 0.209. The molecule has 0 fully saturated rings. The summed E-state index contributed by atoms with van der Waals surface area (Å²) < 4.78 is 82.3. The van der Waals surface area contributed by atoms with Gasteiger partial charge in [-0.25, -0.2) is 9.82 Å². The van der Waals surface area contributed by atoms with E-state index < -0.39 is 49.8 Å². The second kappa shape index (κ2) is 10.2. The molecule has 0 bridgehead atoms. The molecule has 0 saturated heterocycles. The number of hydrogen-bond acceptors (Lipinski definition) is 5. The summed E-state index contributed by atoms with van der Waals surface area (Å²) in [5.74, 6) is -1.93. The first-order chi connectivity index (χ1) is 16.0. The highest BCUT2D eigenvalue weighted by atomic mass is 35.5. The van der Waals surface area contributed by atoms with Crippen molar-refractivity contribution in [1.82, 2.24) is 5.43 Å². The second-order valence-electron chi connectivity index (χ2n) is 6.81. The van der Waals surface area contributed by atoms with Crippen molar-refractivity contribution in [2.75, 3.05) is 0 Å². The topological polar surface area (TPSA) is 84.8 Å². The molecule has 3 rings (SSSR count). The standard InChI is InChI=1S/C22H15ClF4N2O4S/c23-16-4-1-3-14(11-16)12-21(30)29-28-13-18-19(24)5-2-6-20(18)33-34(31,32)17-9-7-15(8-10-17)22(25,26)27/h1-11,13H,12H2,(H,29,30)/b28-13+. The van der Waals surface area contributed by atoms with E-state index in [0.29, 0.717) is 22.7 Å². The Morgan fingerprint density at radius 3 is 2.38 bits per heavy atom. The number of benzene rings is 3. The second-order valence-corrected chi connectivity index (χ2v) is 8.79. The fourth-order valence-corrected chi connectivity index (χ4v) is 3.89. The third-order valence-corrected chi connectivity index (χ3v) is 5.80. The van der Waals surface area contributed by atoms with Crippen molar-refractivity contribution >= 4 is 33.8 Å². The maximum atomic E-state index is 14.3. The first-order valence-corrected chi connectivity index (χ1v) is 11.2. The Kier molecular flexibility index (Phi) is 7.57. The number of halogens is 5. The van der Waals surface area contributed by atoms with Gasteiger partial charge in [0.25, 0.3) is 0 Å². The number of carbonyl (C=O) groups excluding carboxylic acids is 1. The Morgan fingerprint density at radius 1 is 1.06 bits per heavy atom. The predicted molar refractivity (Wildman–Crippen MR) is 117 cm³/mol. The lowest BCUT2D eigenvalue weighted by Crippen LogP contribution is -2.20. The van der Waals surface area contributed by atoms with Crippen molar-refractivity contribution in [2.45, 2.75) is 17.5 Å². The monoisotopic (exact) mass is 514 g/mol. The van der Waals surface area contributed by atoms with Crippen molar-refractivity contribution in [1.29, 1.82) is 0 Å². The minimum absolute atomic E-state index is 0.0686. The highest BCUT2D eigenvalue weighted by Crippen LogP contribution is 2.30. The third-order valence-electron chi connectivity index (χ3n) is 4.32. The third kappa shape index (κ3) is 6.55. The van der Waals surface area contributed by atoms with E-state index in [1.807, 2.05) is 0 Å². The molecule has 0 atom stereocenters. The molecule has 0 aliphatic carbocycles. The van der Waals surface area contributed by atoms with Crippen LogP contribution in [0.2, 0.25) is 5.02 Å². The predicted octanol–water partition coefficient (Wildman–Crippen LogP) is 4.96. The van der Waals surface area contributed by atoms with Crippen LogP contribution in [-0.2, 0) is 27.5 Å². The summed E-state index contributed by atoms with van der Waals surface area (Å²) in [7, 11) is -4.60. The average molecular weight is 515 g/mol. The Balaban J connectivity index is 1.75. The van der Waals surface area contributed by atoms with Gasteiger partial charge in [0.1, 0.15) is 10.7 Å². The molecule has 1 amide bonds. The van der Waals surface area contributed by atoms with Gasteiger partial charge in [-0.3, -0.25) is 4.79 Å². The van der Waals surface area contributed by atoms with Crippen LogP contribution in [0.3, 0.4) is 0 Å². The molecular weight excluding hydrogens is 500 g/mol. The maximum absolute atomic E-state index is 14.3. The SMILES string of the molecule is O=C(Cc1cccc(Cl)c1)N/N=C/c1c(F)cccc1OS(=O)(=O)c1ccc(C(F)(F)F)cc1. The molecule has 0 radical (unpaired) electrons. The molecule has 0 saturated carbocycles. The van der Waals surface area contributed by atoms with Gasteiger partial charge >= 0.3 is 16.3 Å². The summed E-state index contributed by atoms with van der Waals surface area (Å²) in [6.45, 7) is 0. The molecule has 3 aromatic carbocycles. The number of nitrogens with one attached hydrogen (secondary N) is 1. The van der Waals surface area contributed by atoms with Crippen LogP contribution in [0.4, 0.5) is 17.6 Å². The van der Waals surface area contributed by atoms with E-state index in [-0.39, 0.29) is 6.42 Å². The van der Waals surface area contributed by atoms with Gasteiger partial charge < -0.3 is 4.18 Å². The van der Waals surface area contributed by atoms with E-state index in [9.17, 15) is 30.8 Å². The van der Waals surface area contributed by atoms with Crippen molar-refractivity contribution in [3.05, 3.63) is 94.3 Å². The number of hydrazone groups is 1. The Morgan fingerprint density at radius 2 is 1.74 bits per heavy atom. The van der Waals surface area contributed by atoms with Gasteiger partial charge in [0.05, 0.1) is 23.8 Å². The maximum Gasteiger partial charge on any atom is 0.416 e. The summed E-state index contributed by atoms with van der Waals surface area (Å²) in [6, 6.07) is 12.5. The van der Waals surface area contributed by atoms with Gasteiger partial charge in [0.2, 0.25) is 5.91 Å². The number of nitrogens with zero attached hydrogens (tertiary/aromatic N) is 1. The molecule has 0 aliphatic heterocycles. The van der Waals surface area contributed by atoms with Gasteiger partial charge in [-0.2, -0.15) is 26.7 Å². The van der Waals surface area contributed by atoms with E-state index in [4.69, 9.17) is 15.8 Å². The summed E-state index contributed by atoms with van der Waals surface area (Å²) in [6.07, 6.45) is -3.86. The van der Waals surface area contributed by atoms with Gasteiger partial charge in [-0.05, 0) is 54.1 Å². The van der Waals surface area contributed by atoms with Crippen molar-refractivity contribution < 1.29 is 35.0 Å². The van der Waals surface area contributed by atoms with Crippen LogP contribution in [0.5, 0.6) is 5.75 Å². The van der Waals surface area contributed by atoms with Crippen molar-refractivity contribution in [3.8, 4) is 5.75 Å². The first kappa shape index (κ1) is 25.2. The Hall–Kier alpha value is -3.44. The van der Waals surface area contributed by atoms with E-state index in [1.54, 1.807) is 24.3 Å². The number of carbonyl (C=O) groups is 1. The minimum Gasteiger partial charge on any atom is -0.378 e. The van der Waals surface area contributed by atoms with Crippen LogP contribution in [0, 0.1) is 5.82 Å². The summed E-state index contributed by atoms with van der Waals surface area (Å²) >= 11 is 5.86. The number of hydrogen-bond donors (Lipinski definition) is 1. The highest BCUT2D eigenvalue weighted by molar-refractivity contribution is 7.87. The molecule has 178 valence electrons. The lowest BCUT2D eigenvalue weighted by molar-refractivity contribution is -0.137. The van der Waals surface area contributed by atoms with E-state index in [1.165, 1.54) is 6.07 Å². The fourth-order valence-electron chi connectivity index (χ4n) is 2.73. The van der Waals surface area contributed by atoms with Crippen LogP contribution in [0.15, 0.2) is 76.7 Å². The molecule has 0 unspecified atom stereocenters. The average Bonchev–Trinajstić information content (AvgIpc) is 2.75.